The van der Waals surface area contributed by atoms with Gasteiger partial charge in [0.1, 0.15) is 0 Å². The fourth-order valence-corrected chi connectivity index (χ4v) is 1.74. The van der Waals surface area contributed by atoms with E-state index < -0.39 is 5.91 Å². The van der Waals surface area contributed by atoms with Gasteiger partial charge in [-0.25, -0.2) is 0 Å². The molecule has 2 aromatic carbocycles. The fraction of sp³-hybridized carbons (Fsp3) is 0.0667. The SMILES string of the molecule is COc1cccc(/C=N/c2ccccc2C(N)=O)c1O. The average Bonchev–Trinajstić information content (AvgIpc) is 2.46. The Hall–Kier alpha value is -2.82. The highest BCUT2D eigenvalue weighted by atomic mass is 16.5. The Balaban J connectivity index is 2.38. The molecule has 0 aliphatic rings. The maximum atomic E-state index is 11.3. The number of carbonyl (C=O) groups excluding carboxylic acids is 1. The number of rotatable bonds is 4. The van der Waals surface area contributed by atoms with Gasteiger partial charge in [0.05, 0.1) is 18.4 Å². The normalized spacial score (nSPS) is 10.7. The van der Waals surface area contributed by atoms with Crippen LogP contribution in [0.2, 0.25) is 0 Å². The Kier molecular flexibility index (Phi) is 4.00. The lowest BCUT2D eigenvalue weighted by atomic mass is 10.1. The van der Waals surface area contributed by atoms with Gasteiger partial charge in [-0.15, -0.1) is 0 Å². The molecule has 0 unspecified atom stereocenters. The van der Waals surface area contributed by atoms with Crippen LogP contribution in [0.1, 0.15) is 15.9 Å². The van der Waals surface area contributed by atoms with E-state index in [9.17, 15) is 9.90 Å². The Morgan fingerprint density at radius 3 is 2.70 bits per heavy atom. The highest BCUT2D eigenvalue weighted by Crippen LogP contribution is 2.28. The standard InChI is InChI=1S/C15H14N2O3/c1-20-13-8-4-5-10(14(13)18)9-17-12-7-3-2-6-11(12)15(16)19/h2-9,18H,1H3,(H2,16,19)/b17-9+. The minimum absolute atomic E-state index is 0.00435. The molecule has 0 aromatic heterocycles. The van der Waals surface area contributed by atoms with Crippen molar-refractivity contribution in [2.75, 3.05) is 7.11 Å². The number of aromatic hydroxyl groups is 1. The largest absolute Gasteiger partial charge is 0.504 e. The van der Waals surface area contributed by atoms with E-state index in [1.807, 2.05) is 0 Å². The van der Waals surface area contributed by atoms with E-state index in [0.717, 1.165) is 0 Å². The van der Waals surface area contributed by atoms with Crippen LogP contribution in [0, 0.1) is 0 Å². The number of nitrogens with zero attached hydrogens (tertiary/aromatic N) is 1. The molecule has 0 aliphatic heterocycles. The average molecular weight is 270 g/mol. The summed E-state index contributed by atoms with van der Waals surface area (Å²) in [6.45, 7) is 0. The van der Waals surface area contributed by atoms with Crippen LogP contribution in [0.15, 0.2) is 47.5 Å². The molecule has 0 atom stereocenters. The maximum Gasteiger partial charge on any atom is 0.250 e. The molecule has 2 rings (SSSR count). The number of hydrogen-bond donors (Lipinski definition) is 2. The maximum absolute atomic E-state index is 11.3. The van der Waals surface area contributed by atoms with E-state index in [1.165, 1.54) is 13.3 Å². The summed E-state index contributed by atoms with van der Waals surface area (Å²) in [6.07, 6.45) is 1.46. The van der Waals surface area contributed by atoms with Crippen LogP contribution in [0.5, 0.6) is 11.5 Å². The first kappa shape index (κ1) is 13.6. The number of phenolic OH excluding ortho intramolecular Hbond substituents is 1. The molecule has 20 heavy (non-hydrogen) atoms. The van der Waals surface area contributed by atoms with Crippen molar-refractivity contribution in [2.45, 2.75) is 0 Å². The number of para-hydroxylation sites is 2. The van der Waals surface area contributed by atoms with Gasteiger partial charge in [-0.05, 0) is 24.3 Å². The number of hydrogen-bond acceptors (Lipinski definition) is 4. The molecule has 5 nitrogen and oxygen atoms in total. The van der Waals surface area contributed by atoms with Gasteiger partial charge in [-0.1, -0.05) is 18.2 Å². The van der Waals surface area contributed by atoms with Crippen molar-refractivity contribution >= 4 is 17.8 Å². The molecule has 3 N–H and O–H groups in total. The lowest BCUT2D eigenvalue weighted by Gasteiger charge is -2.05. The first-order chi connectivity index (χ1) is 9.63. The van der Waals surface area contributed by atoms with Crippen molar-refractivity contribution in [1.82, 2.24) is 0 Å². The molecular formula is C15H14N2O3. The van der Waals surface area contributed by atoms with Crippen LogP contribution in [0.3, 0.4) is 0 Å². The van der Waals surface area contributed by atoms with Gasteiger partial charge in [0.25, 0.3) is 5.91 Å². The summed E-state index contributed by atoms with van der Waals surface area (Å²) in [4.78, 5) is 15.5. The quantitative estimate of drug-likeness (QED) is 0.835. The summed E-state index contributed by atoms with van der Waals surface area (Å²) in [7, 11) is 1.47. The summed E-state index contributed by atoms with van der Waals surface area (Å²) in [5.74, 6) is -0.194. The zero-order valence-electron chi connectivity index (χ0n) is 10.9. The lowest BCUT2D eigenvalue weighted by molar-refractivity contribution is 0.100. The lowest BCUT2D eigenvalue weighted by Crippen LogP contribution is -2.10. The van der Waals surface area contributed by atoms with Gasteiger partial charge < -0.3 is 15.6 Å². The van der Waals surface area contributed by atoms with Crippen LogP contribution in [-0.4, -0.2) is 24.3 Å². The number of benzene rings is 2. The molecule has 2 aromatic rings. The fourth-order valence-electron chi connectivity index (χ4n) is 1.74. The summed E-state index contributed by atoms with van der Waals surface area (Å²) < 4.78 is 5.01. The highest BCUT2D eigenvalue weighted by molar-refractivity contribution is 5.99. The third-order valence-electron chi connectivity index (χ3n) is 2.76. The molecule has 1 amide bonds. The molecular weight excluding hydrogens is 256 g/mol. The summed E-state index contributed by atoms with van der Waals surface area (Å²) >= 11 is 0. The Bertz CT molecular complexity index is 666. The van der Waals surface area contributed by atoms with Crippen molar-refractivity contribution in [3.63, 3.8) is 0 Å². The van der Waals surface area contributed by atoms with E-state index in [4.69, 9.17) is 10.5 Å². The van der Waals surface area contributed by atoms with E-state index in [2.05, 4.69) is 4.99 Å². The molecule has 0 bridgehead atoms. The predicted molar refractivity (Wildman–Crippen MR) is 76.9 cm³/mol. The van der Waals surface area contributed by atoms with Gasteiger partial charge in [-0.2, -0.15) is 0 Å². The Morgan fingerprint density at radius 1 is 1.25 bits per heavy atom. The second-order valence-electron chi connectivity index (χ2n) is 4.04. The predicted octanol–water partition coefficient (Wildman–Crippen LogP) is 2.25. The molecule has 0 fully saturated rings. The van der Waals surface area contributed by atoms with E-state index in [0.29, 0.717) is 22.6 Å². The van der Waals surface area contributed by atoms with Crippen molar-refractivity contribution in [3.05, 3.63) is 53.6 Å². The van der Waals surface area contributed by atoms with Crippen molar-refractivity contribution in [1.29, 1.82) is 0 Å². The molecule has 0 saturated heterocycles. The minimum Gasteiger partial charge on any atom is -0.504 e. The zero-order chi connectivity index (χ0) is 14.5. The van der Waals surface area contributed by atoms with E-state index in [1.54, 1.807) is 42.5 Å². The number of primary amides is 1. The highest BCUT2D eigenvalue weighted by Gasteiger charge is 2.07. The zero-order valence-corrected chi connectivity index (χ0v) is 10.9. The number of phenols is 1. The minimum atomic E-state index is -0.549. The molecule has 102 valence electrons. The number of nitrogens with two attached hydrogens (primary N) is 1. The van der Waals surface area contributed by atoms with Gasteiger partial charge in [-0.3, -0.25) is 9.79 Å². The Labute approximate surface area is 116 Å². The van der Waals surface area contributed by atoms with E-state index in [-0.39, 0.29) is 5.75 Å². The summed E-state index contributed by atoms with van der Waals surface area (Å²) in [6, 6.07) is 11.8. The number of carbonyl (C=O) groups is 1. The van der Waals surface area contributed by atoms with Gasteiger partial charge in [0.15, 0.2) is 11.5 Å². The van der Waals surface area contributed by atoms with Gasteiger partial charge in [0.2, 0.25) is 0 Å². The number of amides is 1. The van der Waals surface area contributed by atoms with Crippen molar-refractivity contribution < 1.29 is 14.6 Å². The molecule has 0 saturated carbocycles. The van der Waals surface area contributed by atoms with Crippen LogP contribution < -0.4 is 10.5 Å². The third-order valence-corrected chi connectivity index (χ3v) is 2.76. The van der Waals surface area contributed by atoms with Crippen molar-refractivity contribution in [2.24, 2.45) is 10.7 Å². The third kappa shape index (κ3) is 2.77. The molecule has 0 aliphatic carbocycles. The molecule has 0 heterocycles. The van der Waals surface area contributed by atoms with Crippen LogP contribution in [-0.2, 0) is 0 Å². The summed E-state index contributed by atoms with van der Waals surface area (Å²) in [5.41, 5.74) is 6.54. The second-order valence-corrected chi connectivity index (χ2v) is 4.04. The van der Waals surface area contributed by atoms with Gasteiger partial charge >= 0.3 is 0 Å². The van der Waals surface area contributed by atoms with Crippen molar-refractivity contribution in [3.8, 4) is 11.5 Å². The monoisotopic (exact) mass is 270 g/mol. The topological polar surface area (TPSA) is 84.9 Å². The van der Waals surface area contributed by atoms with Crippen LogP contribution in [0.25, 0.3) is 0 Å². The molecule has 5 heteroatoms. The van der Waals surface area contributed by atoms with Crippen LogP contribution >= 0.6 is 0 Å². The smallest absolute Gasteiger partial charge is 0.250 e. The van der Waals surface area contributed by atoms with E-state index >= 15 is 0 Å². The molecule has 0 radical (unpaired) electrons. The first-order valence-electron chi connectivity index (χ1n) is 5.92. The number of ether oxygens (including phenoxy) is 1. The van der Waals surface area contributed by atoms with Crippen LogP contribution in [0.4, 0.5) is 5.69 Å². The first-order valence-corrected chi connectivity index (χ1v) is 5.92. The van der Waals surface area contributed by atoms with Gasteiger partial charge in [0, 0.05) is 11.8 Å². The summed E-state index contributed by atoms with van der Waals surface area (Å²) in [5, 5.41) is 9.94. The second kappa shape index (κ2) is 5.88. The number of aliphatic imine (C=N–C) groups is 1. The Morgan fingerprint density at radius 2 is 2.00 bits per heavy atom. The number of methoxy groups -OCH3 is 1. The molecule has 0 spiro atoms.